The molecule has 1 aliphatic heterocycles. The zero-order valence-electron chi connectivity index (χ0n) is 5.86. The lowest BCUT2D eigenvalue weighted by Gasteiger charge is -2.13. The molecule has 10 heavy (non-hydrogen) atoms. The summed E-state index contributed by atoms with van der Waals surface area (Å²) in [5, 5.41) is 9.52. The highest BCUT2D eigenvalue weighted by Gasteiger charge is 2.59. The second kappa shape index (κ2) is 1.56. The Balaban J connectivity index is 1.88. The summed E-state index contributed by atoms with van der Waals surface area (Å²) < 4.78 is 5.38. The van der Waals surface area contributed by atoms with Crippen molar-refractivity contribution < 1.29 is 9.84 Å². The topological polar surface area (TPSA) is 32.8 Å². The van der Waals surface area contributed by atoms with Crippen LogP contribution >= 0.6 is 0 Å². The minimum atomic E-state index is -0.0394. The van der Waals surface area contributed by atoms with Crippen molar-refractivity contribution in [1.29, 1.82) is 0 Å². The Morgan fingerprint density at radius 1 is 1.30 bits per heavy atom. The zero-order valence-corrected chi connectivity index (χ0v) is 5.86. The van der Waals surface area contributed by atoms with Crippen LogP contribution in [0.25, 0.3) is 0 Å². The van der Waals surface area contributed by atoms with Gasteiger partial charge in [-0.25, -0.2) is 0 Å². The lowest BCUT2D eigenvalue weighted by Crippen LogP contribution is -2.20. The van der Waals surface area contributed by atoms with Gasteiger partial charge in [-0.2, -0.15) is 0 Å². The van der Waals surface area contributed by atoms with Crippen LogP contribution in [0.1, 0.15) is 19.3 Å². The van der Waals surface area contributed by atoms with Crippen LogP contribution in [-0.2, 0) is 4.74 Å². The van der Waals surface area contributed by atoms with Gasteiger partial charge in [0.1, 0.15) is 0 Å². The number of hydrogen-bond donors (Lipinski definition) is 1. The van der Waals surface area contributed by atoms with Crippen molar-refractivity contribution in [3.63, 3.8) is 0 Å². The molecule has 5 atom stereocenters. The molecular formula is C8H12O2. The summed E-state index contributed by atoms with van der Waals surface area (Å²) >= 11 is 0. The van der Waals surface area contributed by atoms with Crippen LogP contribution in [0.15, 0.2) is 0 Å². The number of epoxide rings is 1. The molecule has 1 saturated heterocycles. The van der Waals surface area contributed by atoms with E-state index in [1.807, 2.05) is 0 Å². The third-order valence-corrected chi connectivity index (χ3v) is 3.36. The molecule has 1 heterocycles. The third-order valence-electron chi connectivity index (χ3n) is 3.36. The van der Waals surface area contributed by atoms with Gasteiger partial charge in [0, 0.05) is 5.92 Å². The number of ether oxygens (including phenoxy) is 1. The van der Waals surface area contributed by atoms with Crippen LogP contribution < -0.4 is 0 Å². The highest BCUT2D eigenvalue weighted by molar-refractivity contribution is 5.07. The van der Waals surface area contributed by atoms with Gasteiger partial charge in [-0.3, -0.25) is 0 Å². The van der Waals surface area contributed by atoms with Gasteiger partial charge in [0.25, 0.3) is 0 Å². The molecule has 2 heteroatoms. The molecule has 3 rings (SSSR count). The Labute approximate surface area is 60.2 Å². The Hall–Kier alpha value is -0.0800. The number of aliphatic hydroxyl groups excluding tert-OH is 1. The van der Waals surface area contributed by atoms with Crippen LogP contribution in [0.4, 0.5) is 0 Å². The van der Waals surface area contributed by atoms with Crippen LogP contribution in [0.2, 0.25) is 0 Å². The fourth-order valence-corrected chi connectivity index (χ4v) is 2.83. The largest absolute Gasteiger partial charge is 0.393 e. The van der Waals surface area contributed by atoms with Crippen molar-refractivity contribution in [2.24, 2.45) is 11.8 Å². The summed E-state index contributed by atoms with van der Waals surface area (Å²) in [6.45, 7) is 0. The van der Waals surface area contributed by atoms with Crippen molar-refractivity contribution in [2.45, 2.75) is 37.6 Å². The quantitative estimate of drug-likeness (QED) is 0.498. The molecule has 2 aliphatic carbocycles. The number of fused-ring (bicyclic) bond motifs is 3. The number of aliphatic hydroxyl groups is 1. The maximum absolute atomic E-state index is 9.52. The predicted octanol–water partition coefficient (Wildman–Crippen LogP) is 0.545. The summed E-state index contributed by atoms with van der Waals surface area (Å²) in [4.78, 5) is 0. The molecule has 3 aliphatic rings. The van der Waals surface area contributed by atoms with E-state index < -0.39 is 0 Å². The zero-order chi connectivity index (χ0) is 6.72. The second-order valence-electron chi connectivity index (χ2n) is 3.86. The van der Waals surface area contributed by atoms with Gasteiger partial charge in [-0.05, 0) is 25.2 Å². The molecule has 2 nitrogen and oxygen atoms in total. The maximum atomic E-state index is 9.52. The van der Waals surface area contributed by atoms with E-state index in [0.29, 0.717) is 18.1 Å². The lowest BCUT2D eigenvalue weighted by molar-refractivity contribution is 0.0924. The molecule has 0 unspecified atom stereocenters. The normalized spacial score (nSPS) is 63.9. The van der Waals surface area contributed by atoms with E-state index in [1.165, 1.54) is 12.8 Å². The van der Waals surface area contributed by atoms with Gasteiger partial charge in [0.2, 0.25) is 0 Å². The minimum Gasteiger partial charge on any atom is -0.393 e. The summed E-state index contributed by atoms with van der Waals surface area (Å²) in [7, 11) is 0. The van der Waals surface area contributed by atoms with E-state index in [4.69, 9.17) is 4.74 Å². The summed E-state index contributed by atoms with van der Waals surface area (Å²) in [6, 6.07) is 0. The molecule has 1 N–H and O–H groups in total. The van der Waals surface area contributed by atoms with Crippen molar-refractivity contribution in [3.05, 3.63) is 0 Å². The van der Waals surface area contributed by atoms with Crippen LogP contribution in [-0.4, -0.2) is 23.4 Å². The molecule has 56 valence electrons. The summed E-state index contributed by atoms with van der Waals surface area (Å²) in [5.41, 5.74) is 0. The van der Waals surface area contributed by atoms with Crippen molar-refractivity contribution in [2.75, 3.05) is 0 Å². The van der Waals surface area contributed by atoms with E-state index in [2.05, 4.69) is 0 Å². The molecule has 0 spiro atoms. The lowest BCUT2D eigenvalue weighted by atomic mass is 9.98. The van der Waals surface area contributed by atoms with Gasteiger partial charge in [-0.15, -0.1) is 0 Å². The molecule has 0 radical (unpaired) electrons. The number of rotatable bonds is 0. The molecule has 0 aromatic rings. The monoisotopic (exact) mass is 140 g/mol. The fourth-order valence-electron chi connectivity index (χ4n) is 2.83. The average Bonchev–Trinajstić information content (AvgIpc) is 2.40. The Morgan fingerprint density at radius 3 is 3.00 bits per heavy atom. The first kappa shape index (κ1) is 5.56. The third kappa shape index (κ3) is 0.523. The van der Waals surface area contributed by atoms with E-state index in [9.17, 15) is 5.11 Å². The highest BCUT2D eigenvalue weighted by atomic mass is 16.6. The first-order chi connectivity index (χ1) is 4.86. The first-order valence-corrected chi connectivity index (χ1v) is 4.20. The fraction of sp³-hybridized carbons (Fsp3) is 1.00. The SMILES string of the molecule is O[C@H]1CC[C@H]2C[C@H]3O[C@H]3[C@H]21. The minimum absolute atomic E-state index is 0.0394. The summed E-state index contributed by atoms with van der Waals surface area (Å²) in [5.74, 6) is 1.32. The Morgan fingerprint density at radius 2 is 2.20 bits per heavy atom. The van der Waals surface area contributed by atoms with Gasteiger partial charge in [-0.1, -0.05) is 0 Å². The first-order valence-electron chi connectivity index (χ1n) is 4.20. The average molecular weight is 140 g/mol. The molecular weight excluding hydrogens is 128 g/mol. The van der Waals surface area contributed by atoms with Crippen LogP contribution in [0, 0.1) is 11.8 Å². The van der Waals surface area contributed by atoms with Crippen molar-refractivity contribution in [3.8, 4) is 0 Å². The molecule has 0 bridgehead atoms. The number of hydrogen-bond acceptors (Lipinski definition) is 2. The van der Waals surface area contributed by atoms with Gasteiger partial charge < -0.3 is 9.84 Å². The molecule has 0 amide bonds. The molecule has 0 aromatic carbocycles. The van der Waals surface area contributed by atoms with E-state index in [1.54, 1.807) is 0 Å². The Bertz CT molecular complexity index is 167. The van der Waals surface area contributed by atoms with Crippen molar-refractivity contribution in [1.82, 2.24) is 0 Å². The van der Waals surface area contributed by atoms with Gasteiger partial charge in [0.15, 0.2) is 0 Å². The molecule has 0 aromatic heterocycles. The van der Waals surface area contributed by atoms with E-state index in [0.717, 1.165) is 12.3 Å². The van der Waals surface area contributed by atoms with Crippen LogP contribution in [0.3, 0.4) is 0 Å². The van der Waals surface area contributed by atoms with Gasteiger partial charge >= 0.3 is 0 Å². The van der Waals surface area contributed by atoms with Crippen LogP contribution in [0.5, 0.6) is 0 Å². The van der Waals surface area contributed by atoms with E-state index in [-0.39, 0.29) is 6.10 Å². The standard InChI is InChI=1S/C8H12O2/c9-5-2-1-4-3-6-8(10-6)7(4)5/h4-9H,1-3H2/t4-,5-,6+,7+,8+/m0/s1. The van der Waals surface area contributed by atoms with E-state index >= 15 is 0 Å². The van der Waals surface area contributed by atoms with Crippen molar-refractivity contribution >= 4 is 0 Å². The second-order valence-corrected chi connectivity index (χ2v) is 3.86. The summed E-state index contributed by atoms with van der Waals surface area (Å²) in [6.07, 6.45) is 4.45. The molecule has 3 fully saturated rings. The highest BCUT2D eigenvalue weighted by Crippen LogP contribution is 2.53. The smallest absolute Gasteiger partial charge is 0.0897 e. The van der Waals surface area contributed by atoms with Gasteiger partial charge in [0.05, 0.1) is 18.3 Å². The molecule has 2 saturated carbocycles. The maximum Gasteiger partial charge on any atom is 0.0897 e. The Kier molecular flexibility index (Phi) is 0.868. The predicted molar refractivity (Wildman–Crippen MR) is 35.5 cm³/mol.